The number of rotatable bonds is 9. The summed E-state index contributed by atoms with van der Waals surface area (Å²) in [5.74, 6) is 0.0886. The molecule has 0 fully saturated rings. The van der Waals surface area contributed by atoms with Crippen molar-refractivity contribution in [3.8, 4) is 22.4 Å². The maximum absolute atomic E-state index is 13.6. The molecule has 7 nitrogen and oxygen atoms in total. The number of aromatic nitrogens is 3. The number of nitrogens with one attached hydrogen (secondary N) is 1. The molecule has 0 aliphatic heterocycles. The van der Waals surface area contributed by atoms with E-state index in [1.165, 1.54) is 17.0 Å². The summed E-state index contributed by atoms with van der Waals surface area (Å²) < 4.78 is 15.2. The number of pyridine rings is 1. The molecule has 1 aromatic carbocycles. The van der Waals surface area contributed by atoms with Crippen molar-refractivity contribution in [1.82, 2.24) is 19.7 Å². The molecule has 0 atom stereocenters. The van der Waals surface area contributed by atoms with Gasteiger partial charge in [0.05, 0.1) is 5.69 Å². The largest absolute Gasteiger partial charge is 0.396 e. The number of carbonyl (C=O) groups excluding carboxylic acids is 1. The third-order valence-electron chi connectivity index (χ3n) is 5.05. The van der Waals surface area contributed by atoms with Crippen molar-refractivity contribution in [2.45, 2.75) is 13.3 Å². The highest BCUT2D eigenvalue weighted by Gasteiger charge is 2.24. The van der Waals surface area contributed by atoms with Gasteiger partial charge >= 0.3 is 0 Å². The fourth-order valence-corrected chi connectivity index (χ4v) is 3.44. The second kappa shape index (κ2) is 10.7. The van der Waals surface area contributed by atoms with Crippen LogP contribution in [0.3, 0.4) is 0 Å². The van der Waals surface area contributed by atoms with Crippen LogP contribution in [0.25, 0.3) is 34.2 Å². The lowest BCUT2D eigenvalue weighted by atomic mass is 9.99. The molecule has 0 bridgehead atoms. The highest BCUT2D eigenvalue weighted by molar-refractivity contribution is 6.13. The molecule has 8 heteroatoms. The van der Waals surface area contributed by atoms with Gasteiger partial charge in [-0.2, -0.15) is 5.10 Å². The van der Waals surface area contributed by atoms with Crippen molar-refractivity contribution in [1.29, 1.82) is 0 Å². The van der Waals surface area contributed by atoms with Gasteiger partial charge in [-0.05, 0) is 61.4 Å². The summed E-state index contributed by atoms with van der Waals surface area (Å²) in [4.78, 5) is 18.7. The van der Waals surface area contributed by atoms with Crippen LogP contribution in [0, 0.1) is 5.82 Å². The van der Waals surface area contributed by atoms with Crippen molar-refractivity contribution in [2.75, 3.05) is 32.6 Å². The average Bonchev–Trinajstić information content (AvgIpc) is 3.19. The second-order valence-electron chi connectivity index (χ2n) is 7.54. The number of hydrogen-bond donors (Lipinski definition) is 2. The Kier molecular flexibility index (Phi) is 7.74. The van der Waals surface area contributed by atoms with E-state index in [1.807, 2.05) is 12.1 Å². The minimum Gasteiger partial charge on any atom is -0.396 e. The standard InChI is InChI=1S/C25H28FN5O2/c1-5-20-23(18-12-14-28-22(16-18)27-13-7-15-32)24(17-8-10-19(26)11-9-17)29-31(20)21(6-2)25(33)30(3)4/h5-6,8-12,14,16,32H,1,7,13,15H2,2-4H3,(H,27,28)/b21-6-. The van der Waals surface area contributed by atoms with Crippen molar-refractivity contribution in [2.24, 2.45) is 0 Å². The van der Waals surface area contributed by atoms with E-state index >= 15 is 0 Å². The predicted molar refractivity (Wildman–Crippen MR) is 130 cm³/mol. The summed E-state index contributed by atoms with van der Waals surface area (Å²) in [6.07, 6.45) is 5.63. The van der Waals surface area contributed by atoms with E-state index < -0.39 is 0 Å². The lowest BCUT2D eigenvalue weighted by Crippen LogP contribution is -2.26. The van der Waals surface area contributed by atoms with Crippen molar-refractivity contribution >= 4 is 23.5 Å². The van der Waals surface area contributed by atoms with Crippen LogP contribution < -0.4 is 5.32 Å². The molecule has 2 heterocycles. The SMILES string of the molecule is C=Cc1c(-c2ccnc(NCCCO)c2)c(-c2ccc(F)cc2)nn1/C(=C\C)C(=O)N(C)C. The molecule has 0 aliphatic carbocycles. The zero-order chi connectivity index (χ0) is 24.0. The number of benzene rings is 1. The zero-order valence-electron chi connectivity index (χ0n) is 19.0. The highest BCUT2D eigenvalue weighted by atomic mass is 19.1. The molecular weight excluding hydrogens is 421 g/mol. The first-order valence-electron chi connectivity index (χ1n) is 10.6. The van der Waals surface area contributed by atoms with Gasteiger partial charge in [-0.3, -0.25) is 4.79 Å². The lowest BCUT2D eigenvalue weighted by molar-refractivity contribution is -0.123. The number of halogens is 1. The van der Waals surface area contributed by atoms with Crippen LogP contribution in [0.2, 0.25) is 0 Å². The summed E-state index contributed by atoms with van der Waals surface area (Å²) in [6.45, 7) is 6.41. The molecule has 33 heavy (non-hydrogen) atoms. The number of amides is 1. The van der Waals surface area contributed by atoms with E-state index in [9.17, 15) is 9.18 Å². The summed E-state index contributed by atoms with van der Waals surface area (Å²) in [5.41, 5.74) is 3.85. The number of aliphatic hydroxyl groups is 1. The van der Waals surface area contributed by atoms with Gasteiger partial charge in [0.15, 0.2) is 0 Å². The first-order chi connectivity index (χ1) is 15.9. The topological polar surface area (TPSA) is 83.3 Å². The summed E-state index contributed by atoms with van der Waals surface area (Å²) in [7, 11) is 3.36. The molecule has 172 valence electrons. The molecule has 2 N–H and O–H groups in total. The normalized spacial score (nSPS) is 11.4. The summed E-state index contributed by atoms with van der Waals surface area (Å²) in [6, 6.07) is 9.79. The smallest absolute Gasteiger partial charge is 0.271 e. The van der Waals surface area contributed by atoms with E-state index in [-0.39, 0.29) is 18.3 Å². The summed E-state index contributed by atoms with van der Waals surface area (Å²) >= 11 is 0. The molecule has 0 radical (unpaired) electrons. The van der Waals surface area contributed by atoms with Crippen molar-refractivity contribution < 1.29 is 14.3 Å². The predicted octanol–water partition coefficient (Wildman–Crippen LogP) is 4.14. The Balaban J connectivity index is 2.24. The maximum Gasteiger partial charge on any atom is 0.271 e. The van der Waals surface area contributed by atoms with Crippen molar-refractivity contribution in [3.63, 3.8) is 0 Å². The lowest BCUT2D eigenvalue weighted by Gasteiger charge is -2.15. The van der Waals surface area contributed by atoms with Crippen LogP contribution in [0.1, 0.15) is 19.0 Å². The number of allylic oxidation sites excluding steroid dienone is 1. The molecule has 3 aromatic rings. The van der Waals surface area contributed by atoms with Gasteiger partial charge in [0, 0.05) is 44.6 Å². The Morgan fingerprint density at radius 2 is 1.97 bits per heavy atom. The van der Waals surface area contributed by atoms with E-state index in [2.05, 4.69) is 16.9 Å². The summed E-state index contributed by atoms with van der Waals surface area (Å²) in [5, 5.41) is 17.0. The Labute approximate surface area is 192 Å². The van der Waals surface area contributed by atoms with Crippen LogP contribution in [-0.2, 0) is 4.79 Å². The molecule has 1 amide bonds. The van der Waals surface area contributed by atoms with Crippen LogP contribution in [0.4, 0.5) is 10.2 Å². The van der Waals surface area contributed by atoms with Gasteiger partial charge in [-0.1, -0.05) is 12.7 Å². The number of hydrogen-bond acceptors (Lipinski definition) is 5. The molecule has 0 saturated carbocycles. The van der Waals surface area contributed by atoms with E-state index in [4.69, 9.17) is 10.2 Å². The Morgan fingerprint density at radius 1 is 1.24 bits per heavy atom. The molecule has 0 aliphatic rings. The van der Waals surface area contributed by atoms with Gasteiger partial charge in [-0.15, -0.1) is 0 Å². The minimum absolute atomic E-state index is 0.0841. The third-order valence-corrected chi connectivity index (χ3v) is 5.05. The number of nitrogens with zero attached hydrogens (tertiary/aromatic N) is 4. The highest BCUT2D eigenvalue weighted by Crippen LogP contribution is 2.37. The van der Waals surface area contributed by atoms with Crippen molar-refractivity contribution in [3.05, 3.63) is 66.8 Å². The number of likely N-dealkylation sites (N-methyl/N-ethyl adjacent to an activating group) is 1. The van der Waals surface area contributed by atoms with Gasteiger partial charge in [0.25, 0.3) is 5.91 Å². The van der Waals surface area contributed by atoms with Gasteiger partial charge in [-0.25, -0.2) is 14.1 Å². The molecular formula is C25H28FN5O2. The quantitative estimate of drug-likeness (QED) is 0.379. The molecule has 0 saturated heterocycles. The Bertz CT molecular complexity index is 1170. The van der Waals surface area contributed by atoms with Crippen LogP contribution in [0.5, 0.6) is 0 Å². The number of carbonyl (C=O) groups is 1. The minimum atomic E-state index is -0.347. The van der Waals surface area contributed by atoms with Gasteiger partial charge in [0.2, 0.25) is 0 Å². The maximum atomic E-state index is 13.6. The molecule has 3 rings (SSSR count). The fraction of sp³-hybridized carbons (Fsp3) is 0.240. The van der Waals surface area contributed by atoms with Gasteiger partial charge in [0.1, 0.15) is 23.0 Å². The van der Waals surface area contributed by atoms with E-state index in [0.717, 1.165) is 11.1 Å². The van der Waals surface area contributed by atoms with E-state index in [1.54, 1.807) is 56.2 Å². The Morgan fingerprint density at radius 3 is 2.58 bits per heavy atom. The molecule has 0 spiro atoms. The third kappa shape index (κ3) is 5.18. The van der Waals surface area contributed by atoms with Crippen LogP contribution in [-0.4, -0.2) is 57.9 Å². The van der Waals surface area contributed by atoms with Crippen LogP contribution in [0.15, 0.2) is 55.3 Å². The second-order valence-corrected chi connectivity index (χ2v) is 7.54. The average molecular weight is 450 g/mol. The first kappa shape index (κ1) is 23.9. The first-order valence-corrected chi connectivity index (χ1v) is 10.6. The number of aliphatic hydroxyl groups excluding tert-OH is 1. The van der Waals surface area contributed by atoms with Gasteiger partial charge < -0.3 is 15.3 Å². The monoisotopic (exact) mass is 449 g/mol. The molecule has 0 unspecified atom stereocenters. The fourth-order valence-electron chi connectivity index (χ4n) is 3.44. The van der Waals surface area contributed by atoms with Crippen LogP contribution >= 0.6 is 0 Å². The van der Waals surface area contributed by atoms with E-state index in [0.29, 0.717) is 41.4 Å². The zero-order valence-corrected chi connectivity index (χ0v) is 19.0. The Hall–Kier alpha value is -3.78. The number of anilines is 1. The molecule has 2 aromatic heterocycles.